The molecule has 1 atom stereocenters. The molecular formula is C31H38N6O2. The third-order valence-corrected chi connectivity index (χ3v) is 7.26. The molecule has 5 rings (SSSR count). The fourth-order valence-corrected chi connectivity index (χ4v) is 5.16. The van der Waals surface area contributed by atoms with Gasteiger partial charge in [-0.3, -0.25) is 0 Å². The Morgan fingerprint density at radius 2 is 2.05 bits per heavy atom. The van der Waals surface area contributed by atoms with Gasteiger partial charge in [0, 0.05) is 18.4 Å². The van der Waals surface area contributed by atoms with Gasteiger partial charge in [-0.1, -0.05) is 31.2 Å². The van der Waals surface area contributed by atoms with Crippen molar-refractivity contribution in [2.75, 3.05) is 39.2 Å². The number of aromatic hydroxyl groups is 1. The van der Waals surface area contributed by atoms with Crippen molar-refractivity contribution in [1.29, 1.82) is 0 Å². The van der Waals surface area contributed by atoms with Gasteiger partial charge < -0.3 is 25.8 Å². The zero-order valence-electron chi connectivity index (χ0n) is 23.0. The van der Waals surface area contributed by atoms with Gasteiger partial charge in [-0.15, -0.1) is 0 Å². The molecule has 1 fully saturated rings. The number of aryl methyl sites for hydroxylation is 2. The Balaban J connectivity index is 1.57. The summed E-state index contributed by atoms with van der Waals surface area (Å²) < 4.78 is 7.57. The summed E-state index contributed by atoms with van der Waals surface area (Å²) in [6, 6.07) is 16.1. The quantitative estimate of drug-likeness (QED) is 0.199. The number of rotatable bonds is 10. The largest absolute Gasteiger partial charge is 0.508 e. The molecule has 8 heteroatoms. The fraction of sp³-hybridized carbons (Fsp3) is 0.355. The first-order chi connectivity index (χ1) is 18.9. The number of anilines is 1. The maximum Gasteiger partial charge on any atom is 0.135 e. The number of nitrogens with one attached hydrogen (secondary N) is 1. The Morgan fingerprint density at radius 1 is 1.21 bits per heavy atom. The molecule has 8 nitrogen and oxygen atoms in total. The molecule has 2 aromatic heterocycles. The third kappa shape index (κ3) is 6.08. The minimum Gasteiger partial charge on any atom is -0.508 e. The highest BCUT2D eigenvalue weighted by molar-refractivity contribution is 6.06. The molecule has 4 N–H and O–H groups in total. The lowest BCUT2D eigenvalue weighted by Crippen LogP contribution is -2.24. The average molecular weight is 527 g/mol. The first-order valence-corrected chi connectivity index (χ1v) is 13.7. The fourth-order valence-electron chi connectivity index (χ4n) is 5.16. The van der Waals surface area contributed by atoms with E-state index in [1.165, 1.54) is 11.1 Å². The standard InChI is InChI=1S/C31H38N6O2/c1-4-21-16-25(38)11-12-28(21)35-31(32)27-18-33-37-19-23(17-29(37)30(27)34-24-13-15-39-20-24)26-10-6-5-8-22(26)9-7-14-36(2)3/h5-6,8,10-12,16-19,24,34,38H,4,7,9,13-15,20H2,1-3H3,(H2,32,35)/t24-/m0/s1. The number of phenols is 1. The minimum absolute atomic E-state index is 0.180. The Labute approximate surface area is 230 Å². The van der Waals surface area contributed by atoms with Crippen LogP contribution in [0, 0.1) is 0 Å². The second-order valence-electron chi connectivity index (χ2n) is 10.4. The summed E-state index contributed by atoms with van der Waals surface area (Å²) in [5, 5.41) is 18.3. The number of amidine groups is 1. The number of phenolic OH excluding ortho intramolecular Hbond substituents is 1. The van der Waals surface area contributed by atoms with Gasteiger partial charge in [0.05, 0.1) is 41.3 Å². The zero-order valence-corrected chi connectivity index (χ0v) is 23.0. The first kappa shape index (κ1) is 26.7. The van der Waals surface area contributed by atoms with Crippen molar-refractivity contribution in [3.05, 3.63) is 77.6 Å². The molecule has 2 aromatic carbocycles. The molecule has 1 aliphatic heterocycles. The van der Waals surface area contributed by atoms with E-state index in [4.69, 9.17) is 20.6 Å². The summed E-state index contributed by atoms with van der Waals surface area (Å²) in [5.41, 5.74) is 14.6. The summed E-state index contributed by atoms with van der Waals surface area (Å²) in [6.07, 6.45) is 7.63. The number of ether oxygens (including phenoxy) is 1. The Hall–Kier alpha value is -3.88. The van der Waals surface area contributed by atoms with Crippen molar-refractivity contribution in [2.45, 2.75) is 38.6 Å². The molecule has 0 amide bonds. The highest BCUT2D eigenvalue weighted by Crippen LogP contribution is 2.33. The second kappa shape index (κ2) is 11.9. The normalized spacial score (nSPS) is 15.9. The van der Waals surface area contributed by atoms with Crippen molar-refractivity contribution in [3.8, 4) is 16.9 Å². The Kier molecular flexibility index (Phi) is 8.14. The van der Waals surface area contributed by atoms with E-state index in [0.717, 1.165) is 72.4 Å². The van der Waals surface area contributed by atoms with Crippen LogP contribution >= 0.6 is 0 Å². The molecular weight excluding hydrogens is 488 g/mol. The van der Waals surface area contributed by atoms with Crippen LogP contribution in [0.1, 0.15) is 36.5 Å². The topological polar surface area (TPSA) is 100 Å². The lowest BCUT2D eigenvalue weighted by Gasteiger charge is -2.17. The Morgan fingerprint density at radius 3 is 2.82 bits per heavy atom. The van der Waals surface area contributed by atoms with Crippen LogP contribution in [0.3, 0.4) is 0 Å². The number of aromatic nitrogens is 2. The first-order valence-electron chi connectivity index (χ1n) is 13.7. The van der Waals surface area contributed by atoms with E-state index in [0.29, 0.717) is 12.4 Å². The van der Waals surface area contributed by atoms with Crippen molar-refractivity contribution < 1.29 is 9.84 Å². The summed E-state index contributed by atoms with van der Waals surface area (Å²) in [4.78, 5) is 6.99. The molecule has 1 saturated heterocycles. The van der Waals surface area contributed by atoms with Crippen molar-refractivity contribution in [2.24, 2.45) is 10.7 Å². The molecule has 0 radical (unpaired) electrons. The van der Waals surface area contributed by atoms with E-state index < -0.39 is 0 Å². The SMILES string of the molecule is CCc1cc(O)ccc1/N=C(\N)c1cnn2cc(-c3ccccc3CCCN(C)C)cc2c1N[C@H]1CCOC1. The molecule has 4 aromatic rings. The van der Waals surface area contributed by atoms with E-state index in [-0.39, 0.29) is 11.8 Å². The molecule has 0 saturated carbocycles. The number of hydrogen-bond acceptors (Lipinski definition) is 6. The molecule has 1 aliphatic rings. The zero-order chi connectivity index (χ0) is 27.4. The van der Waals surface area contributed by atoms with Crippen molar-refractivity contribution in [1.82, 2.24) is 14.5 Å². The smallest absolute Gasteiger partial charge is 0.135 e. The van der Waals surface area contributed by atoms with Gasteiger partial charge in [0.2, 0.25) is 0 Å². The summed E-state index contributed by atoms with van der Waals surface area (Å²) in [7, 11) is 4.22. The number of hydrogen-bond donors (Lipinski definition) is 3. The van der Waals surface area contributed by atoms with E-state index in [9.17, 15) is 5.11 Å². The predicted molar refractivity (Wildman–Crippen MR) is 158 cm³/mol. The van der Waals surface area contributed by atoms with Gasteiger partial charge in [-0.2, -0.15) is 5.10 Å². The molecule has 39 heavy (non-hydrogen) atoms. The highest BCUT2D eigenvalue weighted by Gasteiger charge is 2.21. The van der Waals surface area contributed by atoms with E-state index >= 15 is 0 Å². The van der Waals surface area contributed by atoms with Crippen molar-refractivity contribution >= 4 is 22.7 Å². The van der Waals surface area contributed by atoms with Gasteiger partial charge in [0.15, 0.2) is 0 Å². The van der Waals surface area contributed by atoms with E-state index in [1.807, 2.05) is 11.4 Å². The van der Waals surface area contributed by atoms with E-state index in [2.05, 4.69) is 60.8 Å². The average Bonchev–Trinajstić information content (AvgIpc) is 3.60. The van der Waals surface area contributed by atoms with Crippen LogP contribution in [0.4, 0.5) is 11.4 Å². The van der Waals surface area contributed by atoms with Crippen molar-refractivity contribution in [3.63, 3.8) is 0 Å². The number of benzene rings is 2. The summed E-state index contributed by atoms with van der Waals surface area (Å²) >= 11 is 0. The molecule has 204 valence electrons. The van der Waals surface area contributed by atoms with Gasteiger partial charge >= 0.3 is 0 Å². The molecule has 0 spiro atoms. The number of fused-ring (bicyclic) bond motifs is 1. The molecule has 0 unspecified atom stereocenters. The Bertz CT molecular complexity index is 1470. The number of aliphatic imine (C=N–C) groups is 1. The maximum absolute atomic E-state index is 9.91. The van der Waals surface area contributed by atoms with Crippen LogP contribution in [0.15, 0.2) is 65.9 Å². The van der Waals surface area contributed by atoms with Gasteiger partial charge in [-0.25, -0.2) is 9.51 Å². The summed E-state index contributed by atoms with van der Waals surface area (Å²) in [6.45, 7) is 4.46. The van der Waals surface area contributed by atoms with Crippen LogP contribution in [-0.4, -0.2) is 65.4 Å². The minimum atomic E-state index is 0.180. The lowest BCUT2D eigenvalue weighted by atomic mass is 9.98. The van der Waals surface area contributed by atoms with Gasteiger partial charge in [0.25, 0.3) is 0 Å². The van der Waals surface area contributed by atoms with Gasteiger partial charge in [-0.05, 0) is 87.3 Å². The highest BCUT2D eigenvalue weighted by atomic mass is 16.5. The number of nitrogens with two attached hydrogens (primary N) is 1. The van der Waals surface area contributed by atoms with Crippen LogP contribution < -0.4 is 11.1 Å². The lowest BCUT2D eigenvalue weighted by molar-refractivity contribution is 0.195. The molecule has 0 bridgehead atoms. The summed E-state index contributed by atoms with van der Waals surface area (Å²) in [5.74, 6) is 0.595. The number of nitrogens with zero attached hydrogens (tertiary/aromatic N) is 4. The molecule has 0 aliphatic carbocycles. The predicted octanol–water partition coefficient (Wildman–Crippen LogP) is 5.00. The van der Waals surface area contributed by atoms with Crippen LogP contribution in [0.25, 0.3) is 16.6 Å². The third-order valence-electron chi connectivity index (χ3n) is 7.26. The monoisotopic (exact) mass is 526 g/mol. The van der Waals surface area contributed by atoms with Crippen LogP contribution in [0.2, 0.25) is 0 Å². The second-order valence-corrected chi connectivity index (χ2v) is 10.4. The van der Waals surface area contributed by atoms with E-state index in [1.54, 1.807) is 24.4 Å². The maximum atomic E-state index is 9.91. The molecule has 3 heterocycles. The van der Waals surface area contributed by atoms with Crippen LogP contribution in [0.5, 0.6) is 5.75 Å². The van der Waals surface area contributed by atoms with Gasteiger partial charge in [0.1, 0.15) is 11.6 Å². The van der Waals surface area contributed by atoms with Crippen LogP contribution in [-0.2, 0) is 17.6 Å².